The molecule has 7 nitrogen and oxygen atoms in total. The molecule has 0 bridgehead atoms. The Labute approximate surface area is 129 Å². The molecular formula is C15H22N6O. The topological polar surface area (TPSA) is 61.0 Å². The molecule has 3 heterocycles. The Bertz CT molecular complexity index is 618. The number of nitrogens with zero attached hydrogens (tertiary/aromatic N) is 6. The Balaban J connectivity index is 1.37. The Morgan fingerprint density at radius 1 is 1.36 bits per heavy atom. The predicted octanol–water partition coefficient (Wildman–Crippen LogP) is 0.790. The van der Waals surface area contributed by atoms with Gasteiger partial charge in [-0.15, -0.1) is 0 Å². The van der Waals surface area contributed by atoms with Gasteiger partial charge in [0.2, 0.25) is 0 Å². The lowest BCUT2D eigenvalue weighted by molar-refractivity contribution is -0.0411. The van der Waals surface area contributed by atoms with Crippen molar-refractivity contribution in [1.29, 1.82) is 0 Å². The van der Waals surface area contributed by atoms with Gasteiger partial charge in [-0.1, -0.05) is 0 Å². The third kappa shape index (κ3) is 3.05. The van der Waals surface area contributed by atoms with E-state index in [1.807, 2.05) is 28.7 Å². The number of hydrogen-bond acceptors (Lipinski definition) is 5. The lowest BCUT2D eigenvalue weighted by Gasteiger charge is -2.32. The van der Waals surface area contributed by atoms with Gasteiger partial charge in [-0.25, -0.2) is 4.98 Å². The van der Waals surface area contributed by atoms with Crippen molar-refractivity contribution in [3.8, 4) is 0 Å². The summed E-state index contributed by atoms with van der Waals surface area (Å²) < 4.78 is 9.73. The van der Waals surface area contributed by atoms with Gasteiger partial charge < -0.3 is 4.74 Å². The summed E-state index contributed by atoms with van der Waals surface area (Å²) in [4.78, 5) is 7.12. The molecule has 4 rings (SSSR count). The van der Waals surface area contributed by atoms with Crippen molar-refractivity contribution in [2.24, 2.45) is 7.05 Å². The molecule has 1 atom stereocenters. The second-order valence-corrected chi connectivity index (χ2v) is 6.24. The van der Waals surface area contributed by atoms with E-state index in [0.29, 0.717) is 5.92 Å². The first kappa shape index (κ1) is 13.9. The van der Waals surface area contributed by atoms with Gasteiger partial charge in [-0.3, -0.25) is 14.3 Å². The number of aryl methyl sites for hydroxylation is 1. The van der Waals surface area contributed by atoms with Crippen LogP contribution in [-0.2, 0) is 24.9 Å². The lowest BCUT2D eigenvalue weighted by Crippen LogP contribution is -2.44. The average Bonchev–Trinajstić information content (AvgIpc) is 3.13. The van der Waals surface area contributed by atoms with E-state index in [1.54, 1.807) is 6.20 Å². The van der Waals surface area contributed by atoms with E-state index >= 15 is 0 Å². The second kappa shape index (κ2) is 5.81. The maximum absolute atomic E-state index is 5.86. The zero-order chi connectivity index (χ0) is 14.9. The summed E-state index contributed by atoms with van der Waals surface area (Å²) in [6.07, 6.45) is 6.46. The third-order valence-corrected chi connectivity index (χ3v) is 4.35. The highest BCUT2D eigenvalue weighted by atomic mass is 16.5. The minimum Gasteiger partial charge on any atom is -0.374 e. The first-order valence-electron chi connectivity index (χ1n) is 7.99. The molecule has 1 aliphatic heterocycles. The fourth-order valence-corrected chi connectivity index (χ4v) is 2.94. The smallest absolute Gasteiger partial charge is 0.154 e. The van der Waals surface area contributed by atoms with Crippen molar-refractivity contribution in [2.75, 3.05) is 19.7 Å². The van der Waals surface area contributed by atoms with Crippen LogP contribution in [0.1, 0.15) is 30.4 Å². The largest absolute Gasteiger partial charge is 0.374 e. The number of rotatable bonds is 5. The van der Waals surface area contributed by atoms with E-state index in [0.717, 1.165) is 44.4 Å². The van der Waals surface area contributed by atoms with Crippen molar-refractivity contribution in [3.63, 3.8) is 0 Å². The Hall–Kier alpha value is -1.73. The van der Waals surface area contributed by atoms with Gasteiger partial charge in [-0.2, -0.15) is 10.2 Å². The fraction of sp³-hybridized carbons (Fsp3) is 0.667. The number of hydrogen-bond donors (Lipinski definition) is 0. The van der Waals surface area contributed by atoms with E-state index in [2.05, 4.69) is 15.1 Å². The molecule has 0 radical (unpaired) electrons. The molecule has 1 saturated carbocycles. The highest BCUT2D eigenvalue weighted by molar-refractivity contribution is 5.06. The van der Waals surface area contributed by atoms with E-state index in [-0.39, 0.29) is 6.10 Å². The Morgan fingerprint density at radius 3 is 3.05 bits per heavy atom. The van der Waals surface area contributed by atoms with Crippen LogP contribution in [0.3, 0.4) is 0 Å². The van der Waals surface area contributed by atoms with Crippen LogP contribution >= 0.6 is 0 Å². The molecule has 118 valence electrons. The van der Waals surface area contributed by atoms with Gasteiger partial charge >= 0.3 is 0 Å². The van der Waals surface area contributed by atoms with Gasteiger partial charge in [0.05, 0.1) is 25.8 Å². The molecular weight excluding hydrogens is 280 g/mol. The summed E-state index contributed by atoms with van der Waals surface area (Å²) in [5.74, 6) is 2.69. The standard InChI is InChI=1S/C15H22N6O/c1-19-14(17-15(18-19)12-3-4-12)11-20-7-8-22-13(9-20)10-21-6-2-5-16-21/h2,5-6,12-13H,3-4,7-11H2,1H3. The normalized spacial score (nSPS) is 23.0. The zero-order valence-corrected chi connectivity index (χ0v) is 12.9. The molecule has 0 amide bonds. The number of morpholine rings is 1. The van der Waals surface area contributed by atoms with Crippen LogP contribution < -0.4 is 0 Å². The van der Waals surface area contributed by atoms with Crippen molar-refractivity contribution in [3.05, 3.63) is 30.1 Å². The molecule has 2 fully saturated rings. The lowest BCUT2D eigenvalue weighted by atomic mass is 10.2. The highest BCUT2D eigenvalue weighted by Crippen LogP contribution is 2.38. The van der Waals surface area contributed by atoms with Crippen LogP contribution in [0.5, 0.6) is 0 Å². The van der Waals surface area contributed by atoms with Crippen LogP contribution in [0.2, 0.25) is 0 Å². The van der Waals surface area contributed by atoms with Crippen LogP contribution in [0.4, 0.5) is 0 Å². The first-order chi connectivity index (χ1) is 10.8. The monoisotopic (exact) mass is 302 g/mol. The summed E-state index contributed by atoms with van der Waals surface area (Å²) in [7, 11) is 2.00. The van der Waals surface area contributed by atoms with E-state index in [4.69, 9.17) is 9.72 Å². The van der Waals surface area contributed by atoms with Crippen LogP contribution in [-0.4, -0.2) is 55.2 Å². The Kier molecular flexibility index (Phi) is 3.67. The average molecular weight is 302 g/mol. The quantitative estimate of drug-likeness (QED) is 0.817. The number of ether oxygens (including phenoxy) is 1. The molecule has 1 unspecified atom stereocenters. The molecule has 2 aliphatic rings. The minimum atomic E-state index is 0.185. The van der Waals surface area contributed by atoms with Crippen molar-refractivity contribution in [1.82, 2.24) is 29.4 Å². The highest BCUT2D eigenvalue weighted by Gasteiger charge is 2.29. The van der Waals surface area contributed by atoms with Crippen molar-refractivity contribution in [2.45, 2.75) is 38.0 Å². The van der Waals surface area contributed by atoms with Gasteiger partial charge in [0.15, 0.2) is 5.82 Å². The summed E-state index contributed by atoms with van der Waals surface area (Å²) in [5, 5.41) is 8.81. The van der Waals surface area contributed by atoms with Crippen LogP contribution in [0.15, 0.2) is 18.5 Å². The van der Waals surface area contributed by atoms with E-state index in [9.17, 15) is 0 Å². The van der Waals surface area contributed by atoms with E-state index < -0.39 is 0 Å². The zero-order valence-electron chi connectivity index (χ0n) is 12.9. The molecule has 7 heteroatoms. The maximum Gasteiger partial charge on any atom is 0.154 e. The predicted molar refractivity (Wildman–Crippen MR) is 80.2 cm³/mol. The summed E-state index contributed by atoms with van der Waals surface area (Å²) in [5.41, 5.74) is 0. The third-order valence-electron chi connectivity index (χ3n) is 4.35. The molecule has 2 aromatic rings. The molecule has 0 spiro atoms. The second-order valence-electron chi connectivity index (χ2n) is 6.24. The first-order valence-corrected chi connectivity index (χ1v) is 7.99. The maximum atomic E-state index is 5.86. The summed E-state index contributed by atoms with van der Waals surface area (Å²) in [6.45, 7) is 4.26. The molecule has 0 aromatic carbocycles. The fourth-order valence-electron chi connectivity index (χ4n) is 2.94. The summed E-state index contributed by atoms with van der Waals surface area (Å²) >= 11 is 0. The van der Waals surface area contributed by atoms with Gasteiger partial charge in [0.1, 0.15) is 5.82 Å². The SMILES string of the molecule is Cn1nc(C2CC2)nc1CN1CCOC(Cn2cccn2)C1. The van der Waals surface area contributed by atoms with Gasteiger partial charge in [-0.05, 0) is 18.9 Å². The van der Waals surface area contributed by atoms with Crippen LogP contribution in [0.25, 0.3) is 0 Å². The minimum absolute atomic E-state index is 0.185. The molecule has 1 saturated heterocycles. The number of aromatic nitrogens is 5. The molecule has 1 aliphatic carbocycles. The van der Waals surface area contributed by atoms with Gasteiger partial charge in [0, 0.05) is 38.4 Å². The molecule has 22 heavy (non-hydrogen) atoms. The van der Waals surface area contributed by atoms with Crippen molar-refractivity contribution >= 4 is 0 Å². The van der Waals surface area contributed by atoms with E-state index in [1.165, 1.54) is 12.8 Å². The van der Waals surface area contributed by atoms with Gasteiger partial charge in [0.25, 0.3) is 0 Å². The van der Waals surface area contributed by atoms with Crippen molar-refractivity contribution < 1.29 is 4.74 Å². The molecule has 0 N–H and O–H groups in total. The van der Waals surface area contributed by atoms with Crippen LogP contribution in [0, 0.1) is 0 Å². The Morgan fingerprint density at radius 2 is 2.27 bits per heavy atom. The molecule has 2 aromatic heterocycles. The summed E-state index contributed by atoms with van der Waals surface area (Å²) in [6, 6.07) is 1.94.